The van der Waals surface area contributed by atoms with Gasteiger partial charge < -0.3 is 4.32 Å². The Balaban J connectivity index is 0. The maximum atomic E-state index is 11.9. The van der Waals surface area contributed by atoms with Gasteiger partial charge in [-0.25, -0.2) is 0 Å². The molecule has 14 heavy (non-hydrogen) atoms. The van der Waals surface area contributed by atoms with Crippen molar-refractivity contribution in [3.8, 4) is 0 Å². The van der Waals surface area contributed by atoms with Crippen molar-refractivity contribution in [1.29, 1.82) is 0 Å². The summed E-state index contributed by atoms with van der Waals surface area (Å²) in [5.74, 6) is 0. The first-order valence-electron chi connectivity index (χ1n) is 4.68. The molecule has 0 aliphatic rings. The number of hydrogen-bond donors (Lipinski definition) is 0. The summed E-state index contributed by atoms with van der Waals surface area (Å²) in [5, 5.41) is 0. The van der Waals surface area contributed by atoms with Gasteiger partial charge in [0.1, 0.15) is 0 Å². The molecule has 0 unspecified atom stereocenters. The number of rotatable bonds is 2. The molecular formula is C10H18BF2N. The highest BCUT2D eigenvalue weighted by molar-refractivity contribution is 6.50. The lowest BCUT2D eigenvalue weighted by molar-refractivity contribution is 0.636. The Bertz CT molecular complexity index is 142. The molecule has 0 spiro atoms. The number of hydrogen-bond acceptors (Lipinski definition) is 1. The highest BCUT2D eigenvalue weighted by atomic mass is 19.1. The topological polar surface area (TPSA) is 12.9 Å². The summed E-state index contributed by atoms with van der Waals surface area (Å²) in [6.45, 7) is 3.15. The van der Waals surface area contributed by atoms with Gasteiger partial charge in [0.2, 0.25) is 0 Å². The van der Waals surface area contributed by atoms with Gasteiger partial charge in [0.05, 0.1) is 7.18 Å². The molecule has 0 bridgehead atoms. The van der Waals surface area contributed by atoms with Gasteiger partial charge in [0.25, 0.3) is 0 Å². The first-order chi connectivity index (χ1) is 6.81. The van der Waals surface area contributed by atoms with E-state index in [4.69, 9.17) is 0 Å². The van der Waals surface area contributed by atoms with Gasteiger partial charge in [-0.2, -0.15) is 0 Å². The quantitative estimate of drug-likeness (QED) is 0.664. The van der Waals surface area contributed by atoms with Crippen molar-refractivity contribution in [2.75, 3.05) is 7.18 Å². The van der Waals surface area contributed by atoms with E-state index in [0.717, 1.165) is 0 Å². The molecule has 1 rings (SSSR count). The van der Waals surface area contributed by atoms with Gasteiger partial charge in [-0.3, -0.25) is 9.37 Å². The highest BCUT2D eigenvalue weighted by Crippen LogP contribution is 1.96. The molecule has 0 radical (unpaired) electrons. The van der Waals surface area contributed by atoms with Crippen LogP contribution in [0.15, 0.2) is 30.6 Å². The lowest BCUT2D eigenvalue weighted by Crippen LogP contribution is -1.97. The van der Waals surface area contributed by atoms with Crippen LogP contribution in [0.4, 0.5) is 8.71 Å². The van der Waals surface area contributed by atoms with Crippen molar-refractivity contribution < 1.29 is 8.71 Å². The second kappa shape index (κ2) is 14.6. The van der Waals surface area contributed by atoms with Gasteiger partial charge in [0.15, 0.2) is 0 Å². The lowest BCUT2D eigenvalue weighted by Gasteiger charge is -1.87. The normalized spacial score (nSPS) is 7.50. The largest absolute Gasteiger partial charge is 0.347 e. The fourth-order valence-corrected chi connectivity index (χ4v) is 0.601. The zero-order valence-corrected chi connectivity index (χ0v) is 9.08. The smallest absolute Gasteiger partial charge is 0.336 e. The maximum Gasteiger partial charge on any atom is 0.347 e. The molecule has 0 aliphatic heterocycles. The number of halogens is 2. The predicted octanol–water partition coefficient (Wildman–Crippen LogP) is 3.65. The third-order valence-corrected chi connectivity index (χ3v) is 1.45. The molecule has 0 aromatic carbocycles. The van der Waals surface area contributed by atoms with Crippen LogP contribution in [0.1, 0.15) is 13.8 Å². The molecule has 80 valence electrons. The molecule has 0 atom stereocenters. The van der Waals surface area contributed by atoms with Gasteiger partial charge in [0, 0.05) is 12.4 Å². The van der Waals surface area contributed by atoms with Crippen LogP contribution in [0.5, 0.6) is 0 Å². The average Bonchev–Trinajstić information content (AvgIpc) is 2.33. The molecule has 0 saturated carbocycles. The van der Waals surface area contributed by atoms with Crippen molar-refractivity contribution in [2.45, 2.75) is 26.5 Å². The molecule has 4 heteroatoms. The van der Waals surface area contributed by atoms with Crippen LogP contribution in [0, 0.1) is 0 Å². The third-order valence-electron chi connectivity index (χ3n) is 1.45. The minimum Gasteiger partial charge on any atom is -0.336 e. The fourth-order valence-electron chi connectivity index (χ4n) is 0.601. The van der Waals surface area contributed by atoms with Crippen LogP contribution in [0.3, 0.4) is 0 Å². The molecular weight excluding hydrogens is 182 g/mol. The van der Waals surface area contributed by atoms with E-state index < -0.39 is 6.99 Å². The van der Waals surface area contributed by atoms with Crippen LogP contribution in [-0.2, 0) is 0 Å². The Labute approximate surface area is 85.7 Å². The van der Waals surface area contributed by atoms with Crippen LogP contribution >= 0.6 is 0 Å². The maximum absolute atomic E-state index is 11.9. The van der Waals surface area contributed by atoms with E-state index in [-0.39, 0.29) is 0 Å². The predicted molar refractivity (Wildman–Crippen MR) is 59.1 cm³/mol. The first kappa shape index (κ1) is 15.5. The standard InChI is InChI=1S/C5H5N.C4H10BF.CH3F/c1-2-4-6-5-3-1;1-3-5(6)4-2;1-2/h1-5H;3-4H2,1-2H3;1H3/i;;2-1. The second-order valence-electron chi connectivity index (χ2n) is 2.44. The zero-order chi connectivity index (χ0) is 11.2. The number of nitrogens with zero attached hydrogens (tertiary/aromatic N) is 1. The Morgan fingerprint density at radius 1 is 1.00 bits per heavy atom. The van der Waals surface area contributed by atoms with Crippen molar-refractivity contribution in [2.24, 2.45) is 0 Å². The summed E-state index contributed by atoms with van der Waals surface area (Å²) in [5.41, 5.74) is 0. The summed E-state index contributed by atoms with van der Waals surface area (Å²) in [6, 6.07) is 5.72. The molecule has 0 saturated heterocycles. The van der Waals surface area contributed by atoms with E-state index in [2.05, 4.69) is 4.98 Å². The van der Waals surface area contributed by atoms with Crippen molar-refractivity contribution >= 4 is 6.99 Å². The van der Waals surface area contributed by atoms with Gasteiger partial charge in [-0.05, 0) is 24.8 Å². The van der Waals surface area contributed by atoms with Gasteiger partial charge in [-0.15, -0.1) is 0 Å². The summed E-state index contributed by atoms with van der Waals surface area (Å²) in [4.78, 5) is 3.78. The van der Waals surface area contributed by atoms with E-state index in [9.17, 15) is 8.71 Å². The lowest BCUT2D eigenvalue weighted by atomic mass is 9.66. The first-order valence-corrected chi connectivity index (χ1v) is 4.68. The van der Waals surface area contributed by atoms with E-state index in [1.165, 1.54) is 0 Å². The van der Waals surface area contributed by atoms with Crippen LogP contribution in [0.2, 0.25) is 12.6 Å². The van der Waals surface area contributed by atoms with Crippen LogP contribution in [0.25, 0.3) is 0 Å². The van der Waals surface area contributed by atoms with Crippen molar-refractivity contribution in [3.63, 3.8) is 0 Å². The SMILES string of the molecule is CCB(F)CC.C[18F].c1ccncc1. The average molecular weight is 200 g/mol. The highest BCUT2D eigenvalue weighted by Gasteiger charge is 2.03. The van der Waals surface area contributed by atoms with E-state index in [1.54, 1.807) is 12.4 Å². The van der Waals surface area contributed by atoms with Crippen molar-refractivity contribution in [1.82, 2.24) is 4.98 Å². The summed E-state index contributed by atoms with van der Waals surface area (Å²) in [7, 11) is 0.500. The zero-order valence-electron chi connectivity index (χ0n) is 9.08. The minimum absolute atomic E-state index is 0.500. The second-order valence-corrected chi connectivity index (χ2v) is 2.44. The Morgan fingerprint density at radius 2 is 1.43 bits per heavy atom. The van der Waals surface area contributed by atoms with Crippen molar-refractivity contribution in [3.05, 3.63) is 30.6 Å². The minimum atomic E-state index is -0.565. The van der Waals surface area contributed by atoms with E-state index >= 15 is 0 Å². The Hall–Kier alpha value is -0.925. The van der Waals surface area contributed by atoms with Crippen LogP contribution in [-0.4, -0.2) is 19.2 Å². The molecule has 0 N–H and O–H groups in total. The number of pyridine rings is 1. The van der Waals surface area contributed by atoms with Crippen LogP contribution < -0.4 is 0 Å². The number of aromatic nitrogens is 1. The monoisotopic (exact) mass is 200 g/mol. The molecule has 0 fully saturated rings. The molecule has 0 aliphatic carbocycles. The molecule has 1 aromatic heterocycles. The Morgan fingerprint density at radius 3 is 1.50 bits per heavy atom. The molecule has 1 heterocycles. The fraction of sp³-hybridized carbons (Fsp3) is 0.500. The van der Waals surface area contributed by atoms with Gasteiger partial charge in [-0.1, -0.05) is 19.9 Å². The Kier molecular flexibility index (Phi) is 16.2. The molecule has 1 aromatic rings. The van der Waals surface area contributed by atoms with Gasteiger partial charge >= 0.3 is 6.99 Å². The summed E-state index contributed by atoms with van der Waals surface area (Å²) in [6.07, 6.45) is 4.83. The van der Waals surface area contributed by atoms with E-state index in [1.807, 2.05) is 32.0 Å². The molecule has 0 amide bonds. The summed E-state index contributed by atoms with van der Waals surface area (Å²) >= 11 is 0. The summed E-state index contributed by atoms with van der Waals surface area (Å²) < 4.78 is 21.4. The van der Waals surface area contributed by atoms with E-state index in [0.29, 0.717) is 19.8 Å². The third kappa shape index (κ3) is 13.7. The number of alkyl halides is 1. The molecule has 1 nitrogen and oxygen atoms in total.